The third-order valence-electron chi connectivity index (χ3n) is 6.99. The van der Waals surface area contributed by atoms with Crippen LogP contribution in [0, 0.1) is 10.6 Å². The number of carbonyl (C=O) groups excluding carboxylic acids is 1. The van der Waals surface area contributed by atoms with Crippen LogP contribution >= 0.6 is 23.8 Å². The molecule has 1 aliphatic carbocycles. The smallest absolute Gasteiger partial charge is 0.228 e. The second-order valence-electron chi connectivity index (χ2n) is 8.50. The molecule has 0 radical (unpaired) electrons. The van der Waals surface area contributed by atoms with Crippen molar-refractivity contribution in [1.29, 1.82) is 0 Å². The molecule has 0 unspecified atom stereocenters. The molecule has 5 rings (SSSR count). The normalized spacial score (nSPS) is 27.0. The summed E-state index contributed by atoms with van der Waals surface area (Å²) in [4.78, 5) is 14.8. The Balaban J connectivity index is 1.47. The maximum absolute atomic E-state index is 14.6. The highest BCUT2D eigenvalue weighted by Crippen LogP contribution is 2.66. The van der Waals surface area contributed by atoms with Crippen LogP contribution in [-0.2, 0) is 35.0 Å². The summed E-state index contributed by atoms with van der Waals surface area (Å²) in [6, 6.07) is 4.89. The molecular formula is C21H23ClFN3O2S. The number of imidazole rings is 1. The predicted octanol–water partition coefficient (Wildman–Crippen LogP) is 3.58. The zero-order valence-corrected chi connectivity index (χ0v) is 18.0. The number of rotatable bonds is 4. The first-order chi connectivity index (χ1) is 13.8. The highest BCUT2D eigenvalue weighted by atomic mass is 35.5. The first kappa shape index (κ1) is 19.3. The van der Waals surface area contributed by atoms with Gasteiger partial charge in [0, 0.05) is 55.0 Å². The van der Waals surface area contributed by atoms with Crippen LogP contribution in [0.5, 0.6) is 0 Å². The van der Waals surface area contributed by atoms with E-state index in [-0.39, 0.29) is 29.1 Å². The third kappa shape index (κ3) is 2.81. The molecule has 0 bridgehead atoms. The van der Waals surface area contributed by atoms with E-state index in [1.54, 1.807) is 17.0 Å². The molecule has 0 N–H and O–H groups in total. The largest absolute Gasteiger partial charge is 0.379 e. The van der Waals surface area contributed by atoms with E-state index in [1.807, 2.05) is 18.7 Å². The predicted molar refractivity (Wildman–Crippen MR) is 110 cm³/mol. The minimum atomic E-state index is -0.296. The molecule has 1 aromatic carbocycles. The second kappa shape index (κ2) is 6.65. The molecule has 2 aromatic rings. The topological polar surface area (TPSA) is 39.4 Å². The van der Waals surface area contributed by atoms with Gasteiger partial charge >= 0.3 is 0 Å². The quantitative estimate of drug-likeness (QED) is 0.689. The van der Waals surface area contributed by atoms with Crippen molar-refractivity contribution in [2.45, 2.75) is 43.2 Å². The lowest BCUT2D eigenvalue weighted by molar-refractivity contribution is -0.131. The van der Waals surface area contributed by atoms with Crippen LogP contribution in [0.3, 0.4) is 0 Å². The summed E-state index contributed by atoms with van der Waals surface area (Å²) in [5, 5.41) is 0.540. The van der Waals surface area contributed by atoms with Crippen molar-refractivity contribution in [2.24, 2.45) is 7.05 Å². The third-order valence-corrected chi connectivity index (χ3v) is 7.71. The fourth-order valence-electron chi connectivity index (χ4n) is 5.16. The van der Waals surface area contributed by atoms with Crippen LogP contribution in [0.25, 0.3) is 0 Å². The lowest BCUT2D eigenvalue weighted by atomic mass is 9.93. The standard InChI is InChI=1S/C21H23ClFN3O2S/c1-24(13-5-6-28-10-13)18(27)8-17-19-15-9-21(15,11-26(19)20(29)25(17)2)14-7-12(22)3-4-16(14)23/h3-4,7,13,15H,5-6,8-11H2,1-2H3/t13-,15+,21-/m1/s1. The van der Waals surface area contributed by atoms with Crippen molar-refractivity contribution in [1.82, 2.24) is 14.0 Å². The molecule has 0 spiro atoms. The molecule has 1 saturated carbocycles. The summed E-state index contributed by atoms with van der Waals surface area (Å²) < 4.78 is 24.8. The number of hydrogen-bond donors (Lipinski definition) is 0. The molecule has 1 aromatic heterocycles. The molecule has 154 valence electrons. The fraction of sp³-hybridized carbons (Fsp3) is 0.524. The summed E-state index contributed by atoms with van der Waals surface area (Å²) in [5.74, 6) is 0.00409. The van der Waals surface area contributed by atoms with E-state index in [0.717, 1.165) is 24.2 Å². The molecule has 5 nitrogen and oxygen atoms in total. The Morgan fingerprint density at radius 1 is 1.48 bits per heavy atom. The average molecular weight is 436 g/mol. The summed E-state index contributed by atoms with van der Waals surface area (Å²) in [5.41, 5.74) is 2.39. The van der Waals surface area contributed by atoms with Gasteiger partial charge in [-0.2, -0.15) is 0 Å². The Morgan fingerprint density at radius 2 is 2.28 bits per heavy atom. The van der Waals surface area contributed by atoms with Gasteiger partial charge in [-0.25, -0.2) is 4.39 Å². The monoisotopic (exact) mass is 435 g/mol. The van der Waals surface area contributed by atoms with Crippen molar-refractivity contribution in [3.05, 3.63) is 50.8 Å². The van der Waals surface area contributed by atoms with Crippen LogP contribution < -0.4 is 0 Å². The minimum Gasteiger partial charge on any atom is -0.379 e. The molecule has 2 aliphatic heterocycles. The fourth-order valence-corrected chi connectivity index (χ4v) is 5.61. The number of halogens is 2. The molecule has 3 aliphatic rings. The molecule has 3 heterocycles. The van der Waals surface area contributed by atoms with Crippen molar-refractivity contribution < 1.29 is 13.9 Å². The van der Waals surface area contributed by atoms with Gasteiger partial charge in [0.1, 0.15) is 5.82 Å². The van der Waals surface area contributed by atoms with E-state index >= 15 is 0 Å². The lowest BCUT2D eigenvalue weighted by Crippen LogP contribution is -2.38. The number of hydrogen-bond acceptors (Lipinski definition) is 3. The maximum Gasteiger partial charge on any atom is 0.228 e. The van der Waals surface area contributed by atoms with Gasteiger partial charge in [0.05, 0.1) is 19.1 Å². The number of aromatic nitrogens is 2. The number of ether oxygens (including phenoxy) is 1. The Bertz CT molecular complexity index is 1070. The average Bonchev–Trinajstić information content (AvgIpc) is 3.02. The first-order valence-corrected chi connectivity index (χ1v) is 10.7. The van der Waals surface area contributed by atoms with E-state index in [4.69, 9.17) is 28.6 Å². The van der Waals surface area contributed by atoms with E-state index < -0.39 is 0 Å². The van der Waals surface area contributed by atoms with Crippen molar-refractivity contribution in [3.8, 4) is 0 Å². The number of likely N-dealkylation sites (N-methyl/N-ethyl adjacent to an activating group) is 1. The van der Waals surface area contributed by atoms with Gasteiger partial charge in [-0.05, 0) is 48.8 Å². The SMILES string of the molecule is CN(C(=O)Cc1c2n(c(=S)n1C)C[C@@]1(c3cc(Cl)ccc3F)C[C@@H]21)[C@@H]1CCOC1. The Kier molecular flexibility index (Phi) is 4.42. The summed E-state index contributed by atoms with van der Waals surface area (Å²) in [7, 11) is 3.76. The van der Waals surface area contributed by atoms with Crippen molar-refractivity contribution in [3.63, 3.8) is 0 Å². The summed E-state index contributed by atoms with van der Waals surface area (Å²) in [6.45, 7) is 1.93. The number of nitrogens with zero attached hydrogens (tertiary/aromatic N) is 3. The van der Waals surface area contributed by atoms with Gasteiger partial charge in [0.25, 0.3) is 0 Å². The van der Waals surface area contributed by atoms with Gasteiger partial charge < -0.3 is 18.8 Å². The van der Waals surface area contributed by atoms with E-state index in [1.165, 1.54) is 6.07 Å². The van der Waals surface area contributed by atoms with E-state index in [2.05, 4.69) is 4.57 Å². The van der Waals surface area contributed by atoms with Crippen molar-refractivity contribution in [2.75, 3.05) is 20.3 Å². The molecule has 8 heteroatoms. The van der Waals surface area contributed by atoms with Crippen LogP contribution in [0.15, 0.2) is 18.2 Å². The number of benzene rings is 1. The van der Waals surface area contributed by atoms with Crippen LogP contribution in [0.1, 0.15) is 35.7 Å². The van der Waals surface area contributed by atoms with Crippen LogP contribution in [-0.4, -0.2) is 46.2 Å². The molecular weight excluding hydrogens is 413 g/mol. The number of amides is 1. The maximum atomic E-state index is 14.6. The van der Waals surface area contributed by atoms with E-state index in [0.29, 0.717) is 41.5 Å². The van der Waals surface area contributed by atoms with E-state index in [9.17, 15) is 9.18 Å². The minimum absolute atomic E-state index is 0.0617. The highest BCUT2D eigenvalue weighted by molar-refractivity contribution is 7.71. The molecule has 3 atom stereocenters. The van der Waals surface area contributed by atoms with Crippen LogP contribution in [0.2, 0.25) is 5.02 Å². The Labute approximate surface area is 179 Å². The lowest BCUT2D eigenvalue weighted by Gasteiger charge is -2.23. The molecule has 2 fully saturated rings. The Morgan fingerprint density at radius 3 is 3.00 bits per heavy atom. The zero-order chi connectivity index (χ0) is 20.5. The summed E-state index contributed by atoms with van der Waals surface area (Å²) >= 11 is 11.8. The van der Waals surface area contributed by atoms with Gasteiger partial charge in [-0.15, -0.1) is 0 Å². The second-order valence-corrected chi connectivity index (χ2v) is 9.30. The highest BCUT2D eigenvalue weighted by Gasteiger charge is 2.63. The first-order valence-electron chi connectivity index (χ1n) is 9.90. The van der Waals surface area contributed by atoms with Gasteiger partial charge in [-0.3, -0.25) is 4.79 Å². The van der Waals surface area contributed by atoms with Gasteiger partial charge in [0.15, 0.2) is 4.77 Å². The van der Waals surface area contributed by atoms with Gasteiger partial charge in [-0.1, -0.05) is 11.6 Å². The van der Waals surface area contributed by atoms with Crippen LogP contribution in [0.4, 0.5) is 4.39 Å². The molecule has 1 saturated heterocycles. The Hall–Kier alpha value is -1.70. The molecule has 29 heavy (non-hydrogen) atoms. The number of fused-ring (bicyclic) bond motifs is 3. The van der Waals surface area contributed by atoms with Crippen molar-refractivity contribution >= 4 is 29.7 Å². The number of carbonyl (C=O) groups is 1. The summed E-state index contributed by atoms with van der Waals surface area (Å²) in [6.07, 6.45) is 2.02. The zero-order valence-electron chi connectivity index (χ0n) is 16.5. The molecule has 1 amide bonds. The van der Waals surface area contributed by atoms with Gasteiger partial charge in [0.2, 0.25) is 5.91 Å².